The molecule has 7 nitrogen and oxygen atoms in total. The average Bonchev–Trinajstić information content (AvgIpc) is 2.67. The summed E-state index contributed by atoms with van der Waals surface area (Å²) >= 11 is -2.15. The molecule has 2 rings (SSSR count). The molecule has 1 unspecified atom stereocenters. The van der Waals surface area contributed by atoms with Crippen molar-refractivity contribution >= 4 is 17.0 Å². The van der Waals surface area contributed by atoms with E-state index in [-0.39, 0.29) is 10.9 Å². The topological polar surface area (TPSA) is 96.8 Å². The molecule has 0 aromatic carbocycles. The molecule has 76 valence electrons. The maximum absolute atomic E-state index is 10.8. The highest BCUT2D eigenvalue weighted by Crippen LogP contribution is 2.12. The van der Waals surface area contributed by atoms with E-state index >= 15 is 0 Å². The predicted molar refractivity (Wildman–Crippen MR) is 46.1 cm³/mol. The maximum Gasteiger partial charge on any atom is 0.262 e. The largest absolute Gasteiger partial charge is 0.471 e. The molecule has 0 saturated heterocycles. The van der Waals surface area contributed by atoms with E-state index in [1.54, 1.807) is 0 Å². The number of nitrogens with zero attached hydrogens (tertiary/aromatic N) is 2. The highest BCUT2D eigenvalue weighted by Gasteiger charge is 2.19. The second kappa shape index (κ2) is 3.76. The highest BCUT2D eigenvalue weighted by atomic mass is 32.2. The second-order valence-electron chi connectivity index (χ2n) is 2.44. The highest BCUT2D eigenvalue weighted by molar-refractivity contribution is 7.79. The smallest absolute Gasteiger partial charge is 0.262 e. The summed E-state index contributed by atoms with van der Waals surface area (Å²) in [7, 11) is 0. The van der Waals surface area contributed by atoms with Crippen molar-refractivity contribution in [2.24, 2.45) is 5.16 Å². The first-order valence-electron chi connectivity index (χ1n) is 3.76. The molecule has 0 fully saturated rings. The van der Waals surface area contributed by atoms with Crippen molar-refractivity contribution in [1.29, 1.82) is 0 Å². The molecule has 0 amide bonds. The molecule has 8 heteroatoms. The lowest BCUT2D eigenvalue weighted by Crippen LogP contribution is -2.18. The third kappa shape index (κ3) is 1.61. The molecule has 1 aromatic rings. The first kappa shape index (κ1) is 9.16. The van der Waals surface area contributed by atoms with E-state index in [1.807, 2.05) is 0 Å². The molecule has 0 saturated carbocycles. The third-order valence-corrected chi connectivity index (χ3v) is 2.23. The van der Waals surface area contributed by atoms with E-state index in [1.165, 1.54) is 6.20 Å². The molecule has 0 spiro atoms. The fourth-order valence-corrected chi connectivity index (χ4v) is 1.45. The SMILES string of the molecule is O=S(O)c1[nH]ncc1C1=NOCCO1. The Morgan fingerprint density at radius 2 is 2.43 bits per heavy atom. The number of hydrogen-bond acceptors (Lipinski definition) is 5. The number of hydrogen-bond donors (Lipinski definition) is 2. The summed E-state index contributed by atoms with van der Waals surface area (Å²) in [5, 5.41) is 9.66. The summed E-state index contributed by atoms with van der Waals surface area (Å²) in [5.74, 6) is 0.169. The Bertz CT molecular complexity index is 388. The Kier molecular flexibility index (Phi) is 2.46. The van der Waals surface area contributed by atoms with Crippen molar-refractivity contribution in [3.05, 3.63) is 11.8 Å². The van der Waals surface area contributed by atoms with Gasteiger partial charge in [0.25, 0.3) is 5.90 Å². The zero-order valence-electron chi connectivity index (χ0n) is 6.97. The quantitative estimate of drug-likeness (QED) is 0.663. The van der Waals surface area contributed by atoms with Gasteiger partial charge in [0.1, 0.15) is 6.61 Å². The summed E-state index contributed by atoms with van der Waals surface area (Å²) in [4.78, 5) is 4.78. The number of nitrogens with one attached hydrogen (secondary N) is 1. The summed E-state index contributed by atoms with van der Waals surface area (Å²) < 4.78 is 24.8. The van der Waals surface area contributed by atoms with Crippen LogP contribution < -0.4 is 0 Å². The van der Waals surface area contributed by atoms with E-state index in [4.69, 9.17) is 14.1 Å². The molecule has 1 aliphatic rings. The van der Waals surface area contributed by atoms with Crippen LogP contribution in [0.25, 0.3) is 0 Å². The van der Waals surface area contributed by atoms with Gasteiger partial charge in [-0.1, -0.05) is 0 Å². The molecule has 1 aliphatic heterocycles. The minimum absolute atomic E-state index is 0.0502. The Morgan fingerprint density at radius 1 is 1.57 bits per heavy atom. The molecule has 1 aromatic heterocycles. The lowest BCUT2D eigenvalue weighted by molar-refractivity contribution is 0.0653. The van der Waals surface area contributed by atoms with Crippen LogP contribution >= 0.6 is 0 Å². The lowest BCUT2D eigenvalue weighted by Gasteiger charge is -2.12. The summed E-state index contributed by atoms with van der Waals surface area (Å²) in [6.07, 6.45) is 1.36. The number of aromatic nitrogens is 2. The van der Waals surface area contributed by atoms with Crippen LogP contribution in [0, 0.1) is 0 Å². The monoisotopic (exact) mass is 217 g/mol. The second-order valence-corrected chi connectivity index (χ2v) is 3.35. The van der Waals surface area contributed by atoms with Crippen LogP contribution in [0.1, 0.15) is 5.56 Å². The van der Waals surface area contributed by atoms with Gasteiger partial charge < -0.3 is 14.1 Å². The first-order valence-corrected chi connectivity index (χ1v) is 4.87. The van der Waals surface area contributed by atoms with Crippen molar-refractivity contribution in [1.82, 2.24) is 10.2 Å². The molecule has 2 N–H and O–H groups in total. The Morgan fingerprint density at radius 3 is 3.07 bits per heavy atom. The van der Waals surface area contributed by atoms with E-state index in [9.17, 15) is 4.21 Å². The molecule has 14 heavy (non-hydrogen) atoms. The summed E-state index contributed by atoms with van der Waals surface area (Å²) in [6.45, 7) is 0.737. The molecule has 2 heterocycles. The number of oxime groups is 1. The van der Waals surface area contributed by atoms with Gasteiger partial charge in [0.05, 0.1) is 11.8 Å². The number of H-pyrrole nitrogens is 1. The number of ether oxygens (including phenoxy) is 1. The van der Waals surface area contributed by atoms with Gasteiger partial charge in [-0.25, -0.2) is 4.21 Å². The Hall–Kier alpha value is -1.41. The van der Waals surface area contributed by atoms with Crippen LogP contribution in [0.3, 0.4) is 0 Å². The average molecular weight is 217 g/mol. The van der Waals surface area contributed by atoms with Gasteiger partial charge in [-0.2, -0.15) is 5.10 Å². The van der Waals surface area contributed by atoms with Gasteiger partial charge in [0.15, 0.2) is 11.6 Å². The number of aromatic amines is 1. The zero-order chi connectivity index (χ0) is 9.97. The Labute approximate surface area is 81.4 Å². The van der Waals surface area contributed by atoms with Gasteiger partial charge in [0.2, 0.25) is 11.1 Å². The fourth-order valence-electron chi connectivity index (χ4n) is 0.993. The van der Waals surface area contributed by atoms with Crippen molar-refractivity contribution in [2.75, 3.05) is 13.2 Å². The van der Waals surface area contributed by atoms with Gasteiger partial charge in [-0.3, -0.25) is 5.10 Å². The number of rotatable bonds is 2. The van der Waals surface area contributed by atoms with Crippen LogP contribution in [-0.2, 0) is 20.7 Å². The molecular formula is C6H7N3O4S. The first-order chi connectivity index (χ1) is 6.79. The van der Waals surface area contributed by atoms with Gasteiger partial charge >= 0.3 is 0 Å². The van der Waals surface area contributed by atoms with Gasteiger partial charge in [-0.05, 0) is 5.16 Å². The molecule has 1 atom stereocenters. The third-order valence-electron chi connectivity index (χ3n) is 1.57. The minimum Gasteiger partial charge on any atom is -0.471 e. The van der Waals surface area contributed by atoms with Crippen molar-refractivity contribution < 1.29 is 18.3 Å². The minimum atomic E-state index is -2.15. The van der Waals surface area contributed by atoms with Crippen LogP contribution in [0.4, 0.5) is 0 Å². The van der Waals surface area contributed by atoms with E-state index in [2.05, 4.69) is 15.4 Å². The Balaban J connectivity index is 2.35. The summed E-state index contributed by atoms with van der Waals surface area (Å²) in [5.41, 5.74) is 0.338. The van der Waals surface area contributed by atoms with E-state index in [0.29, 0.717) is 18.8 Å². The van der Waals surface area contributed by atoms with Gasteiger partial charge in [0, 0.05) is 0 Å². The van der Waals surface area contributed by atoms with Crippen LogP contribution in [0.15, 0.2) is 16.4 Å². The van der Waals surface area contributed by atoms with Gasteiger partial charge in [-0.15, -0.1) is 0 Å². The fraction of sp³-hybridized carbons (Fsp3) is 0.333. The zero-order valence-corrected chi connectivity index (χ0v) is 7.78. The lowest BCUT2D eigenvalue weighted by atomic mass is 10.3. The molecule has 0 bridgehead atoms. The van der Waals surface area contributed by atoms with E-state index in [0.717, 1.165) is 0 Å². The van der Waals surface area contributed by atoms with E-state index < -0.39 is 11.1 Å². The van der Waals surface area contributed by atoms with Crippen molar-refractivity contribution in [2.45, 2.75) is 5.03 Å². The molecular weight excluding hydrogens is 210 g/mol. The summed E-state index contributed by atoms with van der Waals surface area (Å²) in [6, 6.07) is 0. The van der Waals surface area contributed by atoms with Crippen molar-refractivity contribution in [3.8, 4) is 0 Å². The molecule has 0 aliphatic carbocycles. The van der Waals surface area contributed by atoms with Crippen LogP contribution in [0.2, 0.25) is 0 Å². The standard InChI is InChI=1S/C6H7N3O4S/c10-14(11)6-4(3-7-8-6)5-9-13-2-1-12-5/h3H,1-2H2,(H,7,8)(H,10,11). The van der Waals surface area contributed by atoms with Crippen LogP contribution in [0.5, 0.6) is 0 Å². The maximum atomic E-state index is 10.8. The normalized spacial score (nSPS) is 17.9. The van der Waals surface area contributed by atoms with Crippen LogP contribution in [-0.4, -0.2) is 38.1 Å². The predicted octanol–water partition coefficient (Wildman–Crippen LogP) is -0.301. The van der Waals surface area contributed by atoms with Crippen molar-refractivity contribution in [3.63, 3.8) is 0 Å². The molecule has 0 radical (unpaired) electrons.